The van der Waals surface area contributed by atoms with Crippen molar-refractivity contribution in [2.45, 2.75) is 248 Å². The second kappa shape index (κ2) is 39.9. The molecule has 0 spiro atoms. The molecule has 2 aliphatic rings. The molecule has 13 atom stereocenters. The van der Waals surface area contributed by atoms with Gasteiger partial charge in [0.15, 0.2) is 0 Å². The minimum atomic E-state index is -1.65. The Bertz CT molecular complexity index is 2570. The number of nitrogens with zero attached hydrogens (tertiary/aromatic N) is 8. The van der Waals surface area contributed by atoms with E-state index in [1.807, 2.05) is 68.4 Å². The van der Waals surface area contributed by atoms with Gasteiger partial charge in [0.25, 0.3) is 0 Å². The van der Waals surface area contributed by atoms with E-state index in [1.54, 1.807) is 47.6 Å². The summed E-state index contributed by atoms with van der Waals surface area (Å²) in [6.45, 7) is 32.2. The number of hydrogen-bond donors (Lipinski definition) is 5. The fourth-order valence-electron chi connectivity index (χ4n) is 12.6. The van der Waals surface area contributed by atoms with E-state index in [2.05, 4.69) is 26.2 Å². The summed E-state index contributed by atoms with van der Waals surface area (Å²) >= 11 is 0. The molecule has 0 aliphatic carbocycles. The van der Waals surface area contributed by atoms with Crippen LogP contribution in [0.5, 0.6) is 0 Å². The Morgan fingerprint density at radius 1 is 0.463 bits per heavy atom. The van der Waals surface area contributed by atoms with Crippen molar-refractivity contribution in [2.24, 2.45) is 41.4 Å². The van der Waals surface area contributed by atoms with Crippen molar-refractivity contribution in [3.8, 4) is 0 Å². The zero-order chi connectivity index (χ0) is 72.8. The van der Waals surface area contributed by atoms with E-state index < -0.39 is 155 Å². The first-order valence-electron chi connectivity index (χ1n) is 34.9. The molecule has 0 saturated carbocycles. The Morgan fingerprint density at radius 2 is 0.884 bits per heavy atom. The maximum atomic E-state index is 15.4. The Morgan fingerprint density at radius 3 is 1.36 bits per heavy atom. The first-order valence-corrected chi connectivity index (χ1v) is 34.9. The predicted molar refractivity (Wildman–Crippen MR) is 368 cm³/mol. The number of amides is 11. The highest BCUT2D eigenvalue weighted by Crippen LogP contribution is 2.26. The van der Waals surface area contributed by atoms with Crippen LogP contribution in [-0.4, -0.2) is 264 Å². The number of allylic oxidation sites excluding steroid dienone is 2. The summed E-state index contributed by atoms with van der Waals surface area (Å²) < 4.78 is 6.27. The first kappa shape index (κ1) is 84.9. The lowest BCUT2D eigenvalue weighted by Gasteiger charge is -2.41. The molecule has 2 fully saturated rings. The van der Waals surface area contributed by atoms with Gasteiger partial charge in [-0.25, -0.2) is 0 Å². The van der Waals surface area contributed by atoms with Crippen molar-refractivity contribution in [3.05, 3.63) is 12.2 Å². The topological polar surface area (TPSA) is 291 Å². The van der Waals surface area contributed by atoms with E-state index in [1.165, 1.54) is 92.6 Å². The highest BCUT2D eigenvalue weighted by atomic mass is 16.5. The Balaban J connectivity index is 3.09. The standard InChI is InChI=1S/C70H126N12O13/c1-25-27-31-47(15)59(83)58-63(87)73-50(26-2)65(89)79(22)55(40-95-35-34-82-32-29-28-30-33-82)68(92)75(18)52(37-42(5)6)62(86)74-56(45(11)12)69(93)76(19)51(36-41(3)4)61(85)71-48(16)60(84)72-49(17)64(88)77(20)53(38-43(7)8)66(90)78(21)54(39-44(9)10)67(91)80(23)57(46(13)14)70(94)81(58)24/h25,27,41-59,83H,26,28-40H2,1-24H3,(H,71,85)(H,72,84)(H,73,87)(H,74,86)/b27-25+/t47-,48+,49-,50+,51+,52+,53+,54+,55-,56+,57+,58+,59-/m1/s1. The van der Waals surface area contributed by atoms with Crippen molar-refractivity contribution in [2.75, 3.05) is 82.2 Å². The van der Waals surface area contributed by atoms with E-state index in [4.69, 9.17) is 4.74 Å². The maximum Gasteiger partial charge on any atom is 0.248 e. The van der Waals surface area contributed by atoms with E-state index in [-0.39, 0.29) is 69.0 Å². The molecular formula is C70H126N12O13. The molecule has 0 aromatic heterocycles. The van der Waals surface area contributed by atoms with Gasteiger partial charge in [0.2, 0.25) is 65.0 Å². The molecule has 544 valence electrons. The number of likely N-dealkylation sites (N-methyl/N-ethyl adjacent to an activating group) is 7. The number of nitrogens with one attached hydrogen (secondary N) is 4. The highest BCUT2D eigenvalue weighted by molar-refractivity contribution is 6.00. The fourth-order valence-corrected chi connectivity index (χ4v) is 12.6. The summed E-state index contributed by atoms with van der Waals surface area (Å²) in [7, 11) is 10.0. The Labute approximate surface area is 569 Å². The molecular weight excluding hydrogens is 1220 g/mol. The monoisotopic (exact) mass is 1340 g/mol. The average Bonchev–Trinajstić information content (AvgIpc) is 0.814. The quantitative estimate of drug-likeness (QED) is 0.0846. The normalized spacial score (nSPS) is 27.3. The van der Waals surface area contributed by atoms with Crippen LogP contribution in [0.3, 0.4) is 0 Å². The third-order valence-electron chi connectivity index (χ3n) is 18.7. The molecule has 0 aromatic rings. The number of aliphatic hydroxyl groups is 1. The third kappa shape index (κ3) is 24.4. The molecule has 2 aliphatic heterocycles. The first-order chi connectivity index (χ1) is 44.2. The van der Waals surface area contributed by atoms with Crippen molar-refractivity contribution in [3.63, 3.8) is 0 Å². The molecule has 0 aromatic carbocycles. The number of likely N-dealkylation sites (tertiary alicyclic amines) is 1. The van der Waals surface area contributed by atoms with Gasteiger partial charge in [0, 0.05) is 55.9 Å². The minimum absolute atomic E-state index is 0.0163. The van der Waals surface area contributed by atoms with Gasteiger partial charge in [-0.3, -0.25) is 52.7 Å². The van der Waals surface area contributed by atoms with Gasteiger partial charge in [-0.2, -0.15) is 0 Å². The third-order valence-corrected chi connectivity index (χ3v) is 18.7. The van der Waals surface area contributed by atoms with Crippen LogP contribution in [0, 0.1) is 41.4 Å². The Kier molecular flexibility index (Phi) is 35.6. The number of ether oxygens (including phenoxy) is 1. The second-order valence-corrected chi connectivity index (χ2v) is 29.3. The van der Waals surface area contributed by atoms with Crippen molar-refractivity contribution in [1.82, 2.24) is 60.5 Å². The summed E-state index contributed by atoms with van der Waals surface area (Å²) in [5.74, 6) is -10.0. The van der Waals surface area contributed by atoms with E-state index in [0.717, 1.165) is 37.3 Å². The van der Waals surface area contributed by atoms with E-state index in [0.29, 0.717) is 13.0 Å². The lowest BCUT2D eigenvalue weighted by molar-refractivity contribution is -0.157. The summed E-state index contributed by atoms with van der Waals surface area (Å²) in [6.07, 6.45) is 6.10. The molecule has 2 saturated heterocycles. The molecule has 0 radical (unpaired) electrons. The molecule has 2 rings (SSSR count). The zero-order valence-corrected chi connectivity index (χ0v) is 62.4. The van der Waals surface area contributed by atoms with Crippen LogP contribution < -0.4 is 21.3 Å². The van der Waals surface area contributed by atoms with Crippen LogP contribution in [0.4, 0.5) is 0 Å². The number of hydrogen-bond acceptors (Lipinski definition) is 14. The van der Waals surface area contributed by atoms with Crippen LogP contribution in [0.2, 0.25) is 0 Å². The van der Waals surface area contributed by atoms with Crippen LogP contribution in [0.25, 0.3) is 0 Å². The van der Waals surface area contributed by atoms with Crippen LogP contribution >= 0.6 is 0 Å². The number of rotatable bonds is 20. The highest BCUT2D eigenvalue weighted by Gasteiger charge is 2.46. The van der Waals surface area contributed by atoms with Gasteiger partial charge < -0.3 is 70.3 Å². The zero-order valence-electron chi connectivity index (χ0n) is 62.4. The molecule has 25 nitrogen and oxygen atoms in total. The van der Waals surface area contributed by atoms with Crippen LogP contribution in [0.1, 0.15) is 175 Å². The second-order valence-electron chi connectivity index (χ2n) is 29.3. The summed E-state index contributed by atoms with van der Waals surface area (Å²) in [5.41, 5.74) is 0. The maximum absolute atomic E-state index is 15.4. The lowest BCUT2D eigenvalue weighted by atomic mass is 9.91. The minimum Gasteiger partial charge on any atom is -0.390 e. The molecule has 0 bridgehead atoms. The number of carbonyl (C=O) groups is 11. The lowest BCUT2D eigenvalue weighted by Crippen LogP contribution is -2.64. The van der Waals surface area contributed by atoms with Crippen molar-refractivity contribution < 1.29 is 62.6 Å². The molecule has 0 unspecified atom stereocenters. The average molecular weight is 1340 g/mol. The van der Waals surface area contributed by atoms with Gasteiger partial charge in [-0.15, -0.1) is 0 Å². The predicted octanol–water partition coefficient (Wildman–Crippen LogP) is 4.14. The number of carbonyl (C=O) groups excluding carboxylic acids is 11. The SMILES string of the molecule is C/C=C/C[C@@H](C)[C@@H](O)[C@H]1C(=O)N[C@@H](CC)C(=O)N(C)[C@H](COCCN2CCCCC2)C(=O)N(C)[C@@H](CC(C)C)C(=O)N[C@@H](C(C)C)C(=O)N(C)[C@@H](CC(C)C)C(=O)N[C@@H](C)C(=O)N[C@H](C)C(=O)N(C)[C@@H](CC(C)C)C(=O)N(C)[C@@H](CC(C)C)C(=O)N(C)[C@@H](C(C)C)C(=O)N1C. The molecule has 2 heterocycles. The van der Waals surface area contributed by atoms with E-state index >= 15 is 28.8 Å². The smallest absolute Gasteiger partial charge is 0.248 e. The van der Waals surface area contributed by atoms with E-state index in [9.17, 15) is 29.1 Å². The van der Waals surface area contributed by atoms with Crippen molar-refractivity contribution in [1.29, 1.82) is 0 Å². The molecule has 11 amide bonds. The summed E-state index contributed by atoms with van der Waals surface area (Å²) in [5, 5.41) is 23.5. The molecule has 5 N–H and O–H groups in total. The number of aliphatic hydroxyl groups excluding tert-OH is 1. The molecule has 25 heteroatoms. The summed E-state index contributed by atoms with van der Waals surface area (Å²) in [6, 6.07) is -14.0. The van der Waals surface area contributed by atoms with Gasteiger partial charge in [-0.1, -0.05) is 116 Å². The van der Waals surface area contributed by atoms with Crippen LogP contribution in [0.15, 0.2) is 12.2 Å². The Hall–Kier alpha value is -6.21. The van der Waals surface area contributed by atoms with Crippen molar-refractivity contribution >= 4 is 65.0 Å². The largest absolute Gasteiger partial charge is 0.390 e. The van der Waals surface area contributed by atoms with Crippen LogP contribution in [-0.2, 0) is 57.5 Å². The summed E-state index contributed by atoms with van der Waals surface area (Å²) in [4.78, 5) is 175. The molecule has 95 heavy (non-hydrogen) atoms. The van der Waals surface area contributed by atoms with Gasteiger partial charge in [0.1, 0.15) is 66.5 Å². The fraction of sp³-hybridized carbons (Fsp3) is 0.814. The van der Waals surface area contributed by atoms with Gasteiger partial charge >= 0.3 is 0 Å². The van der Waals surface area contributed by atoms with Gasteiger partial charge in [0.05, 0.1) is 19.3 Å². The van der Waals surface area contributed by atoms with Gasteiger partial charge in [-0.05, 0) is 127 Å². The number of piperidine rings is 1.